The van der Waals surface area contributed by atoms with Gasteiger partial charge in [-0.3, -0.25) is 4.57 Å². The van der Waals surface area contributed by atoms with Gasteiger partial charge >= 0.3 is 17.8 Å². The number of anilines is 2. The Morgan fingerprint density at radius 2 is 1.85 bits per heavy atom. The van der Waals surface area contributed by atoms with Crippen LogP contribution in [0, 0.1) is 0 Å². The number of benzene rings is 1. The van der Waals surface area contributed by atoms with Gasteiger partial charge in [0.25, 0.3) is 0 Å². The summed E-state index contributed by atoms with van der Waals surface area (Å²) in [5.41, 5.74) is 1.10. The normalized spacial score (nSPS) is 12.5. The van der Waals surface area contributed by atoms with E-state index in [9.17, 15) is 27.9 Å². The summed E-state index contributed by atoms with van der Waals surface area (Å²) >= 11 is 0.887. The molecule has 0 saturated heterocycles. The number of fused-ring (bicyclic) bond motifs is 1. The number of hydrogen-bond acceptors (Lipinski definition) is 8. The lowest BCUT2D eigenvalue weighted by atomic mass is 10.2. The first-order valence-corrected chi connectivity index (χ1v) is 12.9. The number of aryl methyl sites for hydroxylation is 1. The molecular weight excluding hydrogens is 535 g/mol. The van der Waals surface area contributed by atoms with Gasteiger partial charge in [-0.15, -0.1) is 0 Å². The maximum atomic E-state index is 13.2. The van der Waals surface area contributed by atoms with Crippen molar-refractivity contribution in [3.05, 3.63) is 64.8 Å². The van der Waals surface area contributed by atoms with Crippen LogP contribution in [0.15, 0.2) is 58.5 Å². The van der Waals surface area contributed by atoms with Gasteiger partial charge in [0.05, 0.1) is 17.6 Å². The standard InChI is InChI=1S/C25H26F3N7O3S/c1-4-34(5-2)23-30-14-15(13-25(26,27)28)19(32-23)31-21(22(36)37)39-17-10-8-16(9-11-17)35-20-18(7-6-12-29-20)33(3)24(35)38/h6-12,14,21H,4-5,13H2,1-3H3,(H,36,37)(H,30,31,32). The van der Waals surface area contributed by atoms with E-state index in [0.717, 1.165) is 18.0 Å². The van der Waals surface area contributed by atoms with E-state index in [4.69, 9.17) is 0 Å². The number of carboxylic acids is 1. The predicted octanol–water partition coefficient (Wildman–Crippen LogP) is 4.08. The predicted molar refractivity (Wildman–Crippen MR) is 143 cm³/mol. The highest BCUT2D eigenvalue weighted by molar-refractivity contribution is 8.00. The molecule has 0 spiro atoms. The molecule has 0 aliphatic carbocycles. The van der Waals surface area contributed by atoms with Crippen LogP contribution in [-0.2, 0) is 18.3 Å². The summed E-state index contributed by atoms with van der Waals surface area (Å²) in [6, 6.07) is 10.1. The average molecular weight is 562 g/mol. The number of pyridine rings is 1. The maximum Gasteiger partial charge on any atom is 0.393 e. The Kier molecular flexibility index (Phi) is 8.14. The molecule has 14 heteroatoms. The van der Waals surface area contributed by atoms with Gasteiger partial charge < -0.3 is 15.3 Å². The fourth-order valence-electron chi connectivity index (χ4n) is 4.00. The Balaban J connectivity index is 1.62. The SMILES string of the molecule is CCN(CC)c1ncc(CC(F)(F)F)c(NC(Sc2ccc(-n3c(=O)n(C)c4cccnc43)cc2)C(=O)O)n1. The molecule has 4 aromatic rings. The van der Waals surface area contributed by atoms with E-state index < -0.39 is 23.9 Å². The number of carboxylic acid groups (broad SMARTS) is 1. The van der Waals surface area contributed by atoms with Crippen LogP contribution in [0.4, 0.5) is 24.9 Å². The third-order valence-corrected chi connectivity index (χ3v) is 7.05. The zero-order valence-corrected chi connectivity index (χ0v) is 22.1. The fraction of sp³-hybridized carbons (Fsp3) is 0.320. The molecule has 0 aliphatic rings. The van der Waals surface area contributed by atoms with Crippen LogP contribution >= 0.6 is 11.8 Å². The summed E-state index contributed by atoms with van der Waals surface area (Å²) in [6.07, 6.45) is -3.19. The van der Waals surface area contributed by atoms with Gasteiger partial charge in [0.1, 0.15) is 5.82 Å². The quantitative estimate of drug-likeness (QED) is 0.218. The van der Waals surface area contributed by atoms with Crippen LogP contribution in [0.5, 0.6) is 0 Å². The molecule has 0 bridgehead atoms. The summed E-state index contributed by atoms with van der Waals surface area (Å²) in [7, 11) is 1.64. The van der Waals surface area contributed by atoms with Gasteiger partial charge in [0.15, 0.2) is 11.0 Å². The van der Waals surface area contributed by atoms with Crippen molar-refractivity contribution in [2.45, 2.75) is 36.7 Å². The van der Waals surface area contributed by atoms with Crippen molar-refractivity contribution in [3.63, 3.8) is 0 Å². The van der Waals surface area contributed by atoms with Crippen molar-refractivity contribution in [2.24, 2.45) is 7.05 Å². The van der Waals surface area contributed by atoms with Crippen LogP contribution < -0.4 is 15.9 Å². The summed E-state index contributed by atoms with van der Waals surface area (Å²) in [5, 5.41) is 11.2. The minimum absolute atomic E-state index is 0.195. The van der Waals surface area contributed by atoms with Gasteiger partial charge in [0, 0.05) is 43.0 Å². The number of hydrogen-bond donors (Lipinski definition) is 2. The van der Waals surface area contributed by atoms with Crippen LogP contribution in [-0.4, -0.2) is 59.8 Å². The third-order valence-electron chi connectivity index (χ3n) is 5.95. The molecule has 206 valence electrons. The molecule has 1 aromatic carbocycles. The molecule has 39 heavy (non-hydrogen) atoms. The lowest BCUT2D eigenvalue weighted by molar-refractivity contribution is -0.135. The Hall–Kier alpha value is -4.07. The van der Waals surface area contributed by atoms with E-state index >= 15 is 0 Å². The summed E-state index contributed by atoms with van der Waals surface area (Å²) in [4.78, 5) is 39.7. The van der Waals surface area contributed by atoms with Crippen LogP contribution in [0.2, 0.25) is 0 Å². The number of thioether (sulfide) groups is 1. The second kappa shape index (κ2) is 11.4. The summed E-state index contributed by atoms with van der Waals surface area (Å²) < 4.78 is 42.6. The van der Waals surface area contributed by atoms with Crippen molar-refractivity contribution in [2.75, 3.05) is 23.3 Å². The largest absolute Gasteiger partial charge is 0.479 e. The molecule has 1 unspecified atom stereocenters. The summed E-state index contributed by atoms with van der Waals surface area (Å²) in [6.45, 7) is 4.75. The van der Waals surface area contributed by atoms with Gasteiger partial charge in [-0.1, -0.05) is 11.8 Å². The molecule has 0 aliphatic heterocycles. The zero-order chi connectivity index (χ0) is 28.3. The number of alkyl halides is 3. The molecule has 4 rings (SSSR count). The molecule has 0 amide bonds. The number of aliphatic carboxylic acids is 1. The number of halogens is 3. The Labute approximate surface area is 225 Å². The second-order valence-electron chi connectivity index (χ2n) is 8.51. The number of aromatic nitrogens is 5. The molecule has 3 aromatic heterocycles. The zero-order valence-electron chi connectivity index (χ0n) is 21.3. The molecule has 0 fully saturated rings. The average Bonchev–Trinajstić information content (AvgIpc) is 3.15. The van der Waals surface area contributed by atoms with Crippen molar-refractivity contribution in [1.29, 1.82) is 0 Å². The highest BCUT2D eigenvalue weighted by Gasteiger charge is 2.31. The van der Waals surface area contributed by atoms with Crippen LogP contribution in [0.3, 0.4) is 0 Å². The van der Waals surface area contributed by atoms with Gasteiger partial charge in [-0.05, 0) is 50.2 Å². The number of nitrogens with one attached hydrogen (secondary N) is 1. The van der Waals surface area contributed by atoms with E-state index in [1.165, 1.54) is 9.13 Å². The van der Waals surface area contributed by atoms with Crippen molar-refractivity contribution in [3.8, 4) is 5.69 Å². The lowest BCUT2D eigenvalue weighted by Crippen LogP contribution is -2.29. The lowest BCUT2D eigenvalue weighted by Gasteiger charge is -2.22. The van der Waals surface area contributed by atoms with Gasteiger partial charge in [-0.25, -0.2) is 24.1 Å². The smallest absolute Gasteiger partial charge is 0.393 e. The molecule has 3 heterocycles. The first-order chi connectivity index (χ1) is 18.5. The molecule has 10 nitrogen and oxygen atoms in total. The first kappa shape index (κ1) is 28.0. The van der Waals surface area contributed by atoms with Crippen molar-refractivity contribution >= 4 is 40.7 Å². The Morgan fingerprint density at radius 1 is 1.15 bits per heavy atom. The van der Waals surface area contributed by atoms with Crippen molar-refractivity contribution < 1.29 is 23.1 Å². The minimum atomic E-state index is -4.53. The summed E-state index contributed by atoms with van der Waals surface area (Å²) in [5.74, 6) is -1.30. The second-order valence-corrected chi connectivity index (χ2v) is 9.68. The van der Waals surface area contributed by atoms with Gasteiger partial charge in [-0.2, -0.15) is 18.2 Å². The van der Waals surface area contributed by atoms with Crippen LogP contribution in [0.25, 0.3) is 16.9 Å². The Morgan fingerprint density at radius 3 is 2.46 bits per heavy atom. The molecule has 2 N–H and O–H groups in total. The number of carbonyl (C=O) groups is 1. The third kappa shape index (κ3) is 6.16. The van der Waals surface area contributed by atoms with Gasteiger partial charge in [0.2, 0.25) is 5.95 Å². The Bertz CT molecular complexity index is 1530. The van der Waals surface area contributed by atoms with Crippen molar-refractivity contribution in [1.82, 2.24) is 24.1 Å². The maximum absolute atomic E-state index is 13.2. The minimum Gasteiger partial charge on any atom is -0.479 e. The van der Waals surface area contributed by atoms with E-state index in [0.29, 0.717) is 34.8 Å². The number of rotatable bonds is 10. The highest BCUT2D eigenvalue weighted by Crippen LogP contribution is 2.30. The molecular formula is C25H26F3N7O3S. The topological polar surface area (TPSA) is 118 Å². The highest BCUT2D eigenvalue weighted by atomic mass is 32.2. The number of nitrogens with zero attached hydrogens (tertiary/aromatic N) is 6. The van der Waals surface area contributed by atoms with Crippen LogP contribution in [0.1, 0.15) is 19.4 Å². The van der Waals surface area contributed by atoms with E-state index in [1.54, 1.807) is 54.5 Å². The fourth-order valence-corrected chi connectivity index (χ4v) is 4.84. The monoisotopic (exact) mass is 561 g/mol. The van der Waals surface area contributed by atoms with E-state index in [2.05, 4.69) is 20.3 Å². The van der Waals surface area contributed by atoms with E-state index in [-0.39, 0.29) is 23.0 Å². The molecule has 1 atom stereocenters. The van der Waals surface area contributed by atoms with E-state index in [1.807, 2.05) is 13.8 Å². The first-order valence-electron chi connectivity index (χ1n) is 12.0. The molecule has 0 radical (unpaired) electrons. The molecule has 0 saturated carbocycles. The number of imidazole rings is 1.